The average molecular weight is 223 g/mol. The van der Waals surface area contributed by atoms with Crippen molar-refractivity contribution in [3.63, 3.8) is 0 Å². The molecule has 0 aliphatic rings. The predicted molar refractivity (Wildman–Crippen MR) is 45.7 cm³/mol. The number of hydrogen-bond donors (Lipinski definition) is 1. The highest BCUT2D eigenvalue weighted by molar-refractivity contribution is 7.47. The van der Waals surface area contributed by atoms with E-state index in [0.717, 1.165) is 0 Å². The summed E-state index contributed by atoms with van der Waals surface area (Å²) in [6, 6.07) is 4.85. The Balaban J connectivity index is 2.79. The van der Waals surface area contributed by atoms with Crippen LogP contribution in [0.25, 0.3) is 0 Å². The molecule has 1 aromatic rings. The number of rotatable bonds is 2. The number of benzene rings is 1. The third-order valence-corrected chi connectivity index (χ3v) is 2.30. The van der Waals surface area contributed by atoms with Crippen LogP contribution < -0.4 is 5.30 Å². The van der Waals surface area contributed by atoms with E-state index in [1.165, 1.54) is 24.3 Å². The third kappa shape index (κ3) is 3.44. The molecule has 1 unspecified atom stereocenters. The van der Waals surface area contributed by atoms with E-state index >= 15 is 0 Å². The van der Waals surface area contributed by atoms with E-state index < -0.39 is 20.6 Å². The molecule has 1 N–H and O–H groups in total. The summed E-state index contributed by atoms with van der Waals surface area (Å²) in [5.74, 6) is 0. The lowest BCUT2D eigenvalue weighted by atomic mass is 10.1. The topological polar surface area (TPSA) is 37.3 Å². The summed E-state index contributed by atoms with van der Waals surface area (Å²) in [5, 5.41) is 0.130. The second-order valence-electron chi connectivity index (χ2n) is 2.73. The maximum absolute atomic E-state index is 11.9. The van der Waals surface area contributed by atoms with Gasteiger partial charge in [-0.05, 0) is 22.3 Å². The van der Waals surface area contributed by atoms with Crippen LogP contribution in [0.1, 0.15) is 5.56 Å². The van der Waals surface area contributed by atoms with E-state index in [9.17, 15) is 17.7 Å². The van der Waals surface area contributed by atoms with Crippen molar-refractivity contribution in [2.75, 3.05) is 0 Å². The minimum absolute atomic E-state index is 0.0816. The van der Waals surface area contributed by atoms with E-state index in [2.05, 4.69) is 0 Å². The van der Waals surface area contributed by atoms with Crippen molar-refractivity contribution in [2.24, 2.45) is 0 Å². The summed E-state index contributed by atoms with van der Waals surface area (Å²) in [4.78, 5) is 8.63. The number of alkyl halides is 3. The molecule has 0 spiro atoms. The molecule has 0 saturated heterocycles. The molecule has 0 saturated carbocycles. The first-order valence-electron chi connectivity index (χ1n) is 3.70. The van der Waals surface area contributed by atoms with Gasteiger partial charge >= 0.3 is 14.2 Å². The molecule has 0 amide bonds. The summed E-state index contributed by atoms with van der Waals surface area (Å²) >= 11 is 0. The van der Waals surface area contributed by atoms with Crippen LogP contribution in [0.3, 0.4) is 0 Å². The van der Waals surface area contributed by atoms with Crippen molar-refractivity contribution >= 4 is 13.3 Å². The minimum atomic E-state index is -4.25. The van der Waals surface area contributed by atoms with Crippen LogP contribution >= 0.6 is 8.03 Å². The maximum Gasteiger partial charge on any atom is 0.546 e. The van der Waals surface area contributed by atoms with Gasteiger partial charge in [-0.1, -0.05) is 12.1 Å². The lowest BCUT2D eigenvalue weighted by Gasteiger charge is -2.04. The fourth-order valence-electron chi connectivity index (χ4n) is 0.973. The summed E-state index contributed by atoms with van der Waals surface area (Å²) in [6.45, 7) is 0. The van der Waals surface area contributed by atoms with Gasteiger partial charge in [0.15, 0.2) is 0 Å². The average Bonchev–Trinajstić information content (AvgIpc) is 2.02. The van der Waals surface area contributed by atoms with Gasteiger partial charge in [0, 0.05) is 0 Å². The van der Waals surface area contributed by atoms with Crippen molar-refractivity contribution in [2.45, 2.75) is 12.6 Å². The highest BCUT2D eigenvalue weighted by Gasteiger charge is 2.27. The van der Waals surface area contributed by atoms with Crippen LogP contribution in [-0.2, 0) is 11.0 Å². The van der Waals surface area contributed by atoms with Gasteiger partial charge in [0.2, 0.25) is 5.30 Å². The monoisotopic (exact) mass is 223 g/mol. The Labute approximate surface area is 79.2 Å². The molecule has 2 nitrogen and oxygen atoms in total. The Hall–Kier alpha value is -0.930. The lowest BCUT2D eigenvalue weighted by Crippen LogP contribution is -2.11. The van der Waals surface area contributed by atoms with Crippen LogP contribution in [0.4, 0.5) is 13.2 Å². The van der Waals surface area contributed by atoms with Crippen LogP contribution in [0.5, 0.6) is 0 Å². The zero-order valence-electron chi connectivity index (χ0n) is 6.95. The first-order chi connectivity index (χ1) is 6.38. The van der Waals surface area contributed by atoms with E-state index in [1.807, 2.05) is 0 Å². The van der Waals surface area contributed by atoms with Crippen molar-refractivity contribution in [3.8, 4) is 0 Å². The molecule has 0 radical (unpaired) electrons. The first kappa shape index (κ1) is 11.1. The van der Waals surface area contributed by atoms with E-state index in [4.69, 9.17) is 4.89 Å². The Morgan fingerprint density at radius 1 is 1.21 bits per heavy atom. The van der Waals surface area contributed by atoms with Gasteiger partial charge in [-0.2, -0.15) is 18.1 Å². The molecule has 1 rings (SSSR count). The van der Waals surface area contributed by atoms with Crippen molar-refractivity contribution in [1.82, 2.24) is 0 Å². The van der Waals surface area contributed by atoms with Gasteiger partial charge in [0.1, 0.15) is 0 Å². The first-order valence-corrected chi connectivity index (χ1v) is 4.91. The second-order valence-corrected chi connectivity index (χ2v) is 3.79. The molecule has 0 aliphatic heterocycles. The van der Waals surface area contributed by atoms with E-state index in [1.54, 1.807) is 0 Å². The van der Waals surface area contributed by atoms with E-state index in [0.29, 0.717) is 0 Å². The molecule has 0 aromatic heterocycles. The summed E-state index contributed by atoms with van der Waals surface area (Å²) in [5.41, 5.74) is 0.0816. The molecule has 1 atom stereocenters. The van der Waals surface area contributed by atoms with Crippen LogP contribution in [0, 0.1) is 0 Å². The molecule has 76 valence electrons. The van der Waals surface area contributed by atoms with Gasteiger partial charge in [0.05, 0.1) is 6.42 Å². The van der Waals surface area contributed by atoms with Gasteiger partial charge < -0.3 is 0 Å². The van der Waals surface area contributed by atoms with Crippen LogP contribution in [-0.4, -0.2) is 11.1 Å². The normalized spacial score (nSPS) is 12.7. The molecule has 14 heavy (non-hydrogen) atoms. The lowest BCUT2D eigenvalue weighted by molar-refractivity contribution is -0.127. The second kappa shape index (κ2) is 4.07. The Morgan fingerprint density at radius 2 is 1.71 bits per heavy atom. The zero-order chi connectivity index (χ0) is 10.8. The summed E-state index contributed by atoms with van der Waals surface area (Å²) in [7, 11) is -2.47. The molecular weight excluding hydrogens is 216 g/mol. The summed E-state index contributed by atoms with van der Waals surface area (Å²) in [6.07, 6.45) is -5.27. The standard InChI is InChI=1S/C8H6F3O2P/c9-8(10,11)5-6-1-3-7(4-2-6)14(12)13/h1-4H,5H2/p+1. The van der Waals surface area contributed by atoms with Crippen molar-refractivity contribution in [1.29, 1.82) is 0 Å². The smallest absolute Gasteiger partial charge is 0.171 e. The molecular formula is C8H7F3O2P+. The van der Waals surface area contributed by atoms with Crippen molar-refractivity contribution in [3.05, 3.63) is 29.8 Å². The Kier molecular flexibility index (Phi) is 3.24. The number of hydrogen-bond acceptors (Lipinski definition) is 1. The SMILES string of the molecule is O=[P+](O)c1ccc(CC(F)(F)F)cc1. The maximum atomic E-state index is 11.9. The highest BCUT2D eigenvalue weighted by Crippen LogP contribution is 2.21. The fourth-order valence-corrected chi connectivity index (χ4v) is 1.38. The largest absolute Gasteiger partial charge is 0.546 e. The zero-order valence-corrected chi connectivity index (χ0v) is 7.85. The predicted octanol–water partition coefficient (Wildman–Crippen LogP) is 2.15. The fraction of sp³-hybridized carbons (Fsp3) is 0.250. The minimum Gasteiger partial charge on any atom is -0.171 e. The van der Waals surface area contributed by atoms with Gasteiger partial charge in [0.25, 0.3) is 0 Å². The van der Waals surface area contributed by atoms with Gasteiger partial charge in [-0.25, -0.2) is 0 Å². The molecule has 0 aliphatic carbocycles. The van der Waals surface area contributed by atoms with Crippen molar-refractivity contribution < 1.29 is 22.6 Å². The molecule has 1 aromatic carbocycles. The summed E-state index contributed by atoms with van der Waals surface area (Å²) < 4.78 is 46.2. The molecule has 0 fully saturated rings. The Bertz CT molecular complexity index is 331. The van der Waals surface area contributed by atoms with Crippen LogP contribution in [0.2, 0.25) is 0 Å². The molecule has 6 heteroatoms. The van der Waals surface area contributed by atoms with Gasteiger partial charge in [-0.3, -0.25) is 0 Å². The molecule has 0 bridgehead atoms. The molecule has 0 heterocycles. The Morgan fingerprint density at radius 3 is 2.07 bits per heavy atom. The quantitative estimate of drug-likeness (QED) is 0.780. The highest BCUT2D eigenvalue weighted by atomic mass is 31.1. The number of halogens is 3. The van der Waals surface area contributed by atoms with Crippen LogP contribution in [0.15, 0.2) is 24.3 Å². The van der Waals surface area contributed by atoms with E-state index in [-0.39, 0.29) is 10.9 Å². The van der Waals surface area contributed by atoms with Gasteiger partial charge in [-0.15, -0.1) is 0 Å². The third-order valence-electron chi connectivity index (χ3n) is 1.56.